The van der Waals surface area contributed by atoms with Gasteiger partial charge in [0.15, 0.2) is 0 Å². The maximum Gasteiger partial charge on any atom is 0.254 e. The number of hydrogen-bond donors (Lipinski definition) is 3. The van der Waals surface area contributed by atoms with Gasteiger partial charge in [0.25, 0.3) is 5.56 Å². The second-order valence-electron chi connectivity index (χ2n) is 9.89. The quantitative estimate of drug-likeness (QED) is 0.214. The number of amides is 1. The molecule has 0 aliphatic carbocycles. The first-order chi connectivity index (χ1) is 19.7. The number of hydrogen-bond acceptors (Lipinski definition) is 6. The van der Waals surface area contributed by atoms with Gasteiger partial charge in [-0.3, -0.25) is 19.1 Å². The number of carbonyl (C=O) groups is 1. The molecule has 2 aromatic heterocycles. The van der Waals surface area contributed by atoms with Gasteiger partial charge in [-0.1, -0.05) is 66.3 Å². The number of benzene rings is 2. The van der Waals surface area contributed by atoms with Crippen molar-refractivity contribution in [1.29, 1.82) is 0 Å². The summed E-state index contributed by atoms with van der Waals surface area (Å²) in [6.07, 6.45) is 8.13. The van der Waals surface area contributed by atoms with E-state index in [-0.39, 0.29) is 28.6 Å². The molecule has 3 heterocycles. The molecule has 0 saturated carbocycles. The number of anilines is 2. The summed E-state index contributed by atoms with van der Waals surface area (Å²) in [4.78, 5) is 35.4. The number of rotatable bonds is 4. The Hall–Kier alpha value is -3.85. The molecule has 5 rings (SSSR count). The summed E-state index contributed by atoms with van der Waals surface area (Å²) in [5.74, 6) is -0.356. The summed E-state index contributed by atoms with van der Waals surface area (Å²) >= 11 is 18.6. The Morgan fingerprint density at radius 1 is 1.12 bits per heavy atom. The molecular formula is C30H27Cl3N6O2. The van der Waals surface area contributed by atoms with E-state index < -0.39 is 0 Å². The van der Waals surface area contributed by atoms with Gasteiger partial charge < -0.3 is 16.4 Å². The molecule has 1 aliphatic rings. The van der Waals surface area contributed by atoms with Crippen molar-refractivity contribution in [3.63, 3.8) is 0 Å². The highest BCUT2D eigenvalue weighted by molar-refractivity contribution is 6.34. The van der Waals surface area contributed by atoms with E-state index in [1.54, 1.807) is 41.5 Å². The third-order valence-electron chi connectivity index (χ3n) is 7.07. The first-order valence-electron chi connectivity index (χ1n) is 13.0. The Labute approximate surface area is 252 Å². The van der Waals surface area contributed by atoms with Crippen LogP contribution in [0.2, 0.25) is 10.0 Å². The number of aromatic nitrogens is 3. The van der Waals surface area contributed by atoms with Crippen LogP contribution in [0.5, 0.6) is 0 Å². The van der Waals surface area contributed by atoms with Crippen LogP contribution in [0.15, 0.2) is 83.4 Å². The lowest BCUT2D eigenvalue weighted by Gasteiger charge is -2.24. The fraction of sp³-hybridized carbons (Fsp3) is 0.200. The molecule has 1 unspecified atom stereocenters. The average molecular weight is 610 g/mol. The predicted octanol–water partition coefficient (Wildman–Crippen LogP) is 7.04. The number of carbonyl (C=O) groups excluding carboxylic acids is 1. The van der Waals surface area contributed by atoms with Crippen molar-refractivity contribution in [2.75, 3.05) is 10.6 Å². The van der Waals surface area contributed by atoms with Crippen LogP contribution in [0, 0.1) is 5.92 Å². The lowest BCUT2D eigenvalue weighted by atomic mass is 9.93. The van der Waals surface area contributed by atoms with Gasteiger partial charge >= 0.3 is 0 Å². The lowest BCUT2D eigenvalue weighted by Crippen LogP contribution is -2.26. The third kappa shape index (κ3) is 6.40. The number of halogens is 3. The summed E-state index contributed by atoms with van der Waals surface area (Å²) in [6, 6.07) is 14.2. The van der Waals surface area contributed by atoms with Crippen molar-refractivity contribution in [2.24, 2.45) is 11.7 Å². The largest absolute Gasteiger partial charge is 0.388 e. The summed E-state index contributed by atoms with van der Waals surface area (Å²) in [5, 5.41) is 7.00. The molecule has 0 radical (unpaired) electrons. The third-order valence-corrected chi connectivity index (χ3v) is 7.71. The van der Waals surface area contributed by atoms with Gasteiger partial charge in [-0.15, -0.1) is 0 Å². The van der Waals surface area contributed by atoms with E-state index in [9.17, 15) is 9.59 Å². The van der Waals surface area contributed by atoms with Gasteiger partial charge in [0.05, 0.1) is 35.0 Å². The molecule has 1 aliphatic heterocycles. The Bertz CT molecular complexity index is 1700. The van der Waals surface area contributed by atoms with Crippen molar-refractivity contribution in [1.82, 2.24) is 14.5 Å². The van der Waals surface area contributed by atoms with E-state index in [0.717, 1.165) is 11.1 Å². The molecule has 0 saturated heterocycles. The summed E-state index contributed by atoms with van der Waals surface area (Å²) < 4.78 is 1.63. The van der Waals surface area contributed by atoms with Crippen molar-refractivity contribution >= 4 is 52.1 Å². The van der Waals surface area contributed by atoms with Gasteiger partial charge in [-0.2, -0.15) is 0 Å². The fourth-order valence-electron chi connectivity index (χ4n) is 4.99. The van der Waals surface area contributed by atoms with Gasteiger partial charge in [-0.25, -0.2) is 4.98 Å². The highest BCUT2D eigenvalue weighted by atomic mass is 35.5. The van der Waals surface area contributed by atoms with Crippen LogP contribution in [0.1, 0.15) is 37.8 Å². The summed E-state index contributed by atoms with van der Waals surface area (Å²) in [5.41, 5.74) is 9.98. The molecule has 210 valence electrons. The Morgan fingerprint density at radius 2 is 1.95 bits per heavy atom. The molecular weight excluding hydrogens is 583 g/mol. The molecule has 41 heavy (non-hydrogen) atoms. The first kappa shape index (κ1) is 28.7. The highest BCUT2D eigenvalue weighted by Gasteiger charge is 2.23. The molecule has 11 heteroatoms. The smallest absolute Gasteiger partial charge is 0.254 e. The minimum atomic E-state index is -0.321. The van der Waals surface area contributed by atoms with E-state index in [1.165, 1.54) is 12.3 Å². The number of pyridine rings is 1. The lowest BCUT2D eigenvalue weighted by molar-refractivity contribution is -0.119. The van der Waals surface area contributed by atoms with E-state index in [4.69, 9.17) is 40.5 Å². The molecule has 2 aromatic carbocycles. The molecule has 2 atom stereocenters. The average Bonchev–Trinajstić information content (AvgIpc) is 2.94. The molecule has 0 spiro atoms. The zero-order chi connectivity index (χ0) is 29.1. The molecule has 1 amide bonds. The summed E-state index contributed by atoms with van der Waals surface area (Å²) in [6.45, 7) is 1.89. The van der Waals surface area contributed by atoms with Crippen LogP contribution in [0.3, 0.4) is 0 Å². The molecule has 4 N–H and O–H groups in total. The Morgan fingerprint density at radius 3 is 2.73 bits per heavy atom. The van der Waals surface area contributed by atoms with E-state index in [0.29, 0.717) is 57.5 Å². The highest BCUT2D eigenvalue weighted by Crippen LogP contribution is 2.37. The molecule has 8 nitrogen and oxygen atoms in total. The van der Waals surface area contributed by atoms with Gasteiger partial charge in [0.1, 0.15) is 5.16 Å². The van der Waals surface area contributed by atoms with Crippen molar-refractivity contribution in [3.8, 4) is 22.4 Å². The minimum absolute atomic E-state index is 0.0750. The maximum absolute atomic E-state index is 13.6. The van der Waals surface area contributed by atoms with Crippen LogP contribution in [-0.4, -0.2) is 20.4 Å². The summed E-state index contributed by atoms with van der Waals surface area (Å²) in [7, 11) is 0. The minimum Gasteiger partial charge on any atom is -0.388 e. The van der Waals surface area contributed by atoms with Crippen LogP contribution in [0.4, 0.5) is 11.4 Å². The van der Waals surface area contributed by atoms with Crippen LogP contribution >= 0.6 is 34.8 Å². The number of nitrogens with zero attached hydrogens (tertiary/aromatic N) is 3. The van der Waals surface area contributed by atoms with Crippen LogP contribution in [-0.2, 0) is 4.79 Å². The van der Waals surface area contributed by atoms with Gasteiger partial charge in [0.2, 0.25) is 5.91 Å². The van der Waals surface area contributed by atoms with Gasteiger partial charge in [0, 0.05) is 46.2 Å². The number of nitrogens with one attached hydrogen (secondary N) is 2. The first-order valence-corrected chi connectivity index (χ1v) is 14.1. The van der Waals surface area contributed by atoms with E-state index in [1.807, 2.05) is 31.2 Å². The Balaban J connectivity index is 1.59. The molecule has 4 aromatic rings. The monoisotopic (exact) mass is 608 g/mol. The normalized spacial score (nSPS) is 17.6. The van der Waals surface area contributed by atoms with Crippen molar-refractivity contribution in [3.05, 3.63) is 105 Å². The number of nitrogens with two attached hydrogens (primary N) is 1. The second kappa shape index (κ2) is 12.3. The predicted molar refractivity (Wildman–Crippen MR) is 165 cm³/mol. The standard InChI is InChI=1S/C30H27Cl3N6O2/c1-17-4-2-7-26(18-5-3-6-19(10-18)29-22(32)13-35-14-25(29)38-30(17)41)39-16-37-24(12-28(39)40)21-11-20(31)8-9-23(21)36-15-27(33)34/h3,5-6,8-17,26,36H,2,4,7,34H2,1H3,(H,38,41)/b27-15-/t17?,26-/m0/s1. The van der Waals surface area contributed by atoms with E-state index in [2.05, 4.69) is 20.6 Å². The molecule has 2 bridgehead atoms. The number of fused-ring (bicyclic) bond motifs is 4. The Kier molecular flexibility index (Phi) is 8.63. The fourth-order valence-corrected chi connectivity index (χ4v) is 5.48. The van der Waals surface area contributed by atoms with Gasteiger partial charge in [-0.05, 0) is 48.2 Å². The maximum atomic E-state index is 13.6. The van der Waals surface area contributed by atoms with E-state index >= 15 is 0 Å². The SMILES string of the molecule is CC1CCC[C@H](n2cnc(-c3cc(Cl)ccc3N/C=C(\N)Cl)cc2=O)c2cccc(c2)-c2c(Cl)cncc2NC1=O. The van der Waals surface area contributed by atoms with Crippen molar-refractivity contribution < 1.29 is 4.79 Å². The van der Waals surface area contributed by atoms with Crippen molar-refractivity contribution in [2.45, 2.75) is 32.2 Å². The zero-order valence-corrected chi connectivity index (χ0v) is 24.3. The topological polar surface area (TPSA) is 115 Å². The van der Waals surface area contributed by atoms with Crippen LogP contribution < -0.4 is 21.9 Å². The second-order valence-corrected chi connectivity index (χ2v) is 11.2. The van der Waals surface area contributed by atoms with Crippen LogP contribution in [0.25, 0.3) is 22.4 Å². The molecule has 0 fully saturated rings. The zero-order valence-electron chi connectivity index (χ0n) is 22.1.